The number of carbonyl (C=O) groups is 1. The SMILES string of the molecule is O=C(Nc1ccc(N2CCN(c3c(F)c(F)c(F)c(F)c3F)CC2)cc1)c1ccc2nsnc2c1. The molecular formula is C23H16F5N5OS. The van der Waals surface area contributed by atoms with Crippen LogP contribution in [0.25, 0.3) is 11.0 Å². The zero-order valence-corrected chi connectivity index (χ0v) is 18.7. The molecule has 0 saturated carbocycles. The summed E-state index contributed by atoms with van der Waals surface area (Å²) in [4.78, 5) is 15.6. The zero-order valence-electron chi connectivity index (χ0n) is 17.9. The van der Waals surface area contributed by atoms with Crippen LogP contribution in [-0.4, -0.2) is 40.8 Å². The first-order chi connectivity index (χ1) is 16.8. The van der Waals surface area contributed by atoms with Crippen LogP contribution in [0, 0.1) is 29.1 Å². The Morgan fingerprint density at radius 1 is 0.743 bits per heavy atom. The fourth-order valence-electron chi connectivity index (χ4n) is 3.94. The minimum atomic E-state index is -2.17. The molecule has 35 heavy (non-hydrogen) atoms. The number of hydrogen-bond donors (Lipinski definition) is 1. The third-order valence-electron chi connectivity index (χ3n) is 5.79. The second-order valence-electron chi connectivity index (χ2n) is 7.86. The van der Waals surface area contributed by atoms with E-state index in [1.165, 1.54) is 0 Å². The van der Waals surface area contributed by atoms with Crippen molar-refractivity contribution in [3.8, 4) is 0 Å². The molecule has 0 aliphatic carbocycles. The normalized spacial score (nSPS) is 14.0. The molecule has 1 aromatic heterocycles. The van der Waals surface area contributed by atoms with Gasteiger partial charge in [0, 0.05) is 43.1 Å². The molecule has 1 N–H and O–H groups in total. The van der Waals surface area contributed by atoms with E-state index in [1.54, 1.807) is 42.5 Å². The molecule has 3 aromatic carbocycles. The standard InChI is InChI=1S/C23H16F5N5OS/c24-17-18(25)20(27)22(21(28)19(17)26)33-9-7-32(8-10-33)14-4-2-13(3-5-14)29-23(34)12-1-6-15-16(11-12)31-35-30-15/h1-6,11H,7-10H2,(H,29,34). The Kier molecular flexibility index (Phi) is 5.97. The number of hydrogen-bond acceptors (Lipinski definition) is 6. The van der Waals surface area contributed by atoms with Gasteiger partial charge < -0.3 is 15.1 Å². The number of rotatable bonds is 4. The summed E-state index contributed by atoms with van der Waals surface area (Å²) in [6, 6.07) is 12.0. The average Bonchev–Trinajstić information content (AvgIpc) is 3.35. The lowest BCUT2D eigenvalue weighted by Crippen LogP contribution is -2.47. The van der Waals surface area contributed by atoms with Gasteiger partial charge in [-0.1, -0.05) is 0 Å². The highest BCUT2D eigenvalue weighted by Gasteiger charge is 2.30. The molecule has 1 aliphatic heterocycles. The van der Waals surface area contributed by atoms with Crippen LogP contribution in [0.5, 0.6) is 0 Å². The molecule has 1 amide bonds. The van der Waals surface area contributed by atoms with Gasteiger partial charge >= 0.3 is 0 Å². The molecular weight excluding hydrogens is 489 g/mol. The Hall–Kier alpha value is -3.80. The third kappa shape index (κ3) is 4.25. The molecule has 1 fully saturated rings. The summed E-state index contributed by atoms with van der Waals surface area (Å²) in [6.07, 6.45) is 0. The van der Waals surface area contributed by atoms with Crippen molar-refractivity contribution in [3.05, 3.63) is 77.1 Å². The number of nitrogens with one attached hydrogen (secondary N) is 1. The van der Waals surface area contributed by atoms with E-state index in [2.05, 4.69) is 14.1 Å². The lowest BCUT2D eigenvalue weighted by molar-refractivity contribution is 0.102. The van der Waals surface area contributed by atoms with Gasteiger partial charge in [0.15, 0.2) is 23.3 Å². The molecule has 5 rings (SSSR count). The van der Waals surface area contributed by atoms with Crippen LogP contribution in [0.3, 0.4) is 0 Å². The third-order valence-corrected chi connectivity index (χ3v) is 6.35. The van der Waals surface area contributed by atoms with Crippen molar-refractivity contribution in [1.29, 1.82) is 0 Å². The molecule has 4 aromatic rings. The van der Waals surface area contributed by atoms with Gasteiger partial charge in [-0.15, -0.1) is 0 Å². The van der Waals surface area contributed by atoms with Gasteiger partial charge in [-0.3, -0.25) is 4.79 Å². The average molecular weight is 505 g/mol. The maximum atomic E-state index is 14.1. The quantitative estimate of drug-likeness (QED) is 0.241. The Morgan fingerprint density at radius 2 is 1.31 bits per heavy atom. The van der Waals surface area contributed by atoms with Crippen molar-refractivity contribution in [3.63, 3.8) is 0 Å². The number of piperazine rings is 1. The molecule has 1 saturated heterocycles. The molecule has 0 unspecified atom stereocenters. The summed E-state index contributed by atoms with van der Waals surface area (Å²) < 4.78 is 76.9. The monoisotopic (exact) mass is 505 g/mol. The van der Waals surface area contributed by atoms with E-state index in [9.17, 15) is 26.7 Å². The lowest BCUT2D eigenvalue weighted by atomic mass is 10.1. The van der Waals surface area contributed by atoms with Crippen molar-refractivity contribution in [1.82, 2.24) is 8.75 Å². The smallest absolute Gasteiger partial charge is 0.255 e. The second-order valence-corrected chi connectivity index (χ2v) is 8.39. The fraction of sp³-hybridized carbons (Fsp3) is 0.174. The summed E-state index contributed by atoms with van der Waals surface area (Å²) in [6.45, 7) is 0.718. The summed E-state index contributed by atoms with van der Waals surface area (Å²) in [5, 5.41) is 2.81. The Labute approximate surface area is 199 Å². The highest BCUT2D eigenvalue weighted by Crippen LogP contribution is 2.31. The van der Waals surface area contributed by atoms with E-state index in [1.807, 2.05) is 4.90 Å². The fourth-order valence-corrected chi connectivity index (χ4v) is 4.46. The van der Waals surface area contributed by atoms with Gasteiger partial charge in [0.05, 0.1) is 11.7 Å². The van der Waals surface area contributed by atoms with Crippen LogP contribution in [0.4, 0.5) is 39.0 Å². The molecule has 0 atom stereocenters. The summed E-state index contributed by atoms with van der Waals surface area (Å²) >= 11 is 1.07. The number of anilines is 3. The number of aromatic nitrogens is 2. The van der Waals surface area contributed by atoms with Crippen LogP contribution in [0.1, 0.15) is 10.4 Å². The van der Waals surface area contributed by atoms with Crippen LogP contribution >= 0.6 is 11.7 Å². The maximum absolute atomic E-state index is 14.1. The summed E-state index contributed by atoms with van der Waals surface area (Å²) in [5.41, 5.74) is 2.24. The predicted octanol–water partition coefficient (Wildman–Crippen LogP) is 4.97. The number of fused-ring (bicyclic) bond motifs is 1. The number of amides is 1. The number of nitrogens with zero attached hydrogens (tertiary/aromatic N) is 4. The largest absolute Gasteiger partial charge is 0.368 e. The van der Waals surface area contributed by atoms with Gasteiger partial charge in [-0.2, -0.15) is 8.75 Å². The van der Waals surface area contributed by atoms with Crippen molar-refractivity contribution in [2.75, 3.05) is 41.3 Å². The first kappa shape index (κ1) is 23.0. The number of carbonyl (C=O) groups excluding carboxylic acids is 1. The molecule has 2 heterocycles. The van der Waals surface area contributed by atoms with Gasteiger partial charge in [0.25, 0.3) is 5.91 Å². The van der Waals surface area contributed by atoms with Crippen molar-refractivity contribution < 1.29 is 26.7 Å². The molecule has 12 heteroatoms. The lowest BCUT2D eigenvalue weighted by Gasteiger charge is -2.37. The summed E-state index contributed by atoms with van der Waals surface area (Å²) in [7, 11) is 0. The predicted molar refractivity (Wildman–Crippen MR) is 122 cm³/mol. The maximum Gasteiger partial charge on any atom is 0.255 e. The number of halogens is 5. The molecule has 1 aliphatic rings. The van der Waals surface area contributed by atoms with Gasteiger partial charge in [-0.25, -0.2) is 22.0 Å². The van der Waals surface area contributed by atoms with Gasteiger partial charge in [-0.05, 0) is 42.5 Å². The minimum absolute atomic E-state index is 0.0603. The Morgan fingerprint density at radius 3 is 1.97 bits per heavy atom. The molecule has 6 nitrogen and oxygen atoms in total. The topological polar surface area (TPSA) is 61.4 Å². The molecule has 0 bridgehead atoms. The minimum Gasteiger partial charge on any atom is -0.368 e. The second kappa shape index (κ2) is 9.10. The molecule has 180 valence electrons. The van der Waals surface area contributed by atoms with Crippen LogP contribution in [0.15, 0.2) is 42.5 Å². The van der Waals surface area contributed by atoms with Crippen molar-refractivity contribution in [2.45, 2.75) is 0 Å². The Balaban J connectivity index is 1.24. The van der Waals surface area contributed by atoms with Gasteiger partial charge in [0.2, 0.25) is 5.82 Å². The van der Waals surface area contributed by atoms with E-state index < -0.39 is 34.8 Å². The molecule has 0 radical (unpaired) electrons. The zero-order chi connectivity index (χ0) is 24.7. The van der Waals surface area contributed by atoms with Crippen LogP contribution in [-0.2, 0) is 0 Å². The molecule has 0 spiro atoms. The highest BCUT2D eigenvalue weighted by atomic mass is 32.1. The first-order valence-corrected chi connectivity index (χ1v) is 11.2. The highest BCUT2D eigenvalue weighted by molar-refractivity contribution is 7.00. The van der Waals surface area contributed by atoms with E-state index >= 15 is 0 Å². The van der Waals surface area contributed by atoms with Crippen molar-refractivity contribution >= 4 is 45.7 Å². The van der Waals surface area contributed by atoms with Gasteiger partial charge in [0.1, 0.15) is 16.7 Å². The van der Waals surface area contributed by atoms with Crippen molar-refractivity contribution in [2.24, 2.45) is 0 Å². The van der Waals surface area contributed by atoms with Crippen LogP contribution < -0.4 is 15.1 Å². The van der Waals surface area contributed by atoms with E-state index in [-0.39, 0.29) is 19.0 Å². The van der Waals surface area contributed by atoms with E-state index in [0.29, 0.717) is 29.9 Å². The first-order valence-electron chi connectivity index (χ1n) is 10.5. The van der Waals surface area contributed by atoms with Crippen LogP contribution in [0.2, 0.25) is 0 Å². The van der Waals surface area contributed by atoms with E-state index in [0.717, 1.165) is 27.8 Å². The Bertz CT molecular complexity index is 1390. The van der Waals surface area contributed by atoms with E-state index in [4.69, 9.17) is 0 Å². The summed E-state index contributed by atoms with van der Waals surface area (Å²) in [5.74, 6) is -10.1. The number of benzene rings is 3.